The SMILES string of the molecule is CN(C)S(=O)(=O)c1ccc(C(OCc2ccc(N=[N+]=[N-])cc2)c2cn(CC(F)=CCNC(=O)O)nn2)cc1. The zero-order valence-corrected chi connectivity index (χ0v) is 21.3. The van der Waals surface area contributed by atoms with Crippen LogP contribution in [0.3, 0.4) is 0 Å². The lowest BCUT2D eigenvalue weighted by Gasteiger charge is -2.17. The van der Waals surface area contributed by atoms with Gasteiger partial charge in [0.05, 0.1) is 24.2 Å². The number of allylic oxidation sites excluding steroid dienone is 1. The summed E-state index contributed by atoms with van der Waals surface area (Å²) in [6.45, 7) is -0.349. The van der Waals surface area contributed by atoms with Crippen LogP contribution in [0.4, 0.5) is 14.9 Å². The van der Waals surface area contributed by atoms with Crippen LogP contribution in [0.15, 0.2) is 76.6 Å². The van der Waals surface area contributed by atoms with Gasteiger partial charge in [0.15, 0.2) is 0 Å². The summed E-state index contributed by atoms with van der Waals surface area (Å²) in [6.07, 6.45) is 0.511. The van der Waals surface area contributed by atoms with Crippen molar-refractivity contribution in [1.82, 2.24) is 24.6 Å². The molecule has 0 spiro atoms. The Labute approximate surface area is 217 Å². The van der Waals surface area contributed by atoms with E-state index in [2.05, 4.69) is 20.3 Å². The molecule has 200 valence electrons. The number of ether oxygens (including phenoxy) is 1. The van der Waals surface area contributed by atoms with E-state index >= 15 is 0 Å². The van der Waals surface area contributed by atoms with E-state index < -0.39 is 28.0 Å². The average Bonchev–Trinajstić information content (AvgIpc) is 3.33. The largest absolute Gasteiger partial charge is 0.465 e. The van der Waals surface area contributed by atoms with Gasteiger partial charge in [-0.3, -0.25) is 0 Å². The first-order chi connectivity index (χ1) is 18.1. The molecule has 38 heavy (non-hydrogen) atoms. The van der Waals surface area contributed by atoms with Gasteiger partial charge in [0.25, 0.3) is 0 Å². The van der Waals surface area contributed by atoms with Gasteiger partial charge in [0.1, 0.15) is 17.6 Å². The molecular formula is C23H25FN8O5S. The topological polar surface area (TPSA) is 175 Å². The Kier molecular flexibility index (Phi) is 9.51. The first-order valence-corrected chi connectivity index (χ1v) is 12.5. The van der Waals surface area contributed by atoms with Crippen LogP contribution >= 0.6 is 0 Å². The Morgan fingerprint density at radius 2 is 1.95 bits per heavy atom. The second kappa shape index (κ2) is 12.8. The highest BCUT2D eigenvalue weighted by atomic mass is 32.2. The van der Waals surface area contributed by atoms with Crippen molar-refractivity contribution in [2.45, 2.75) is 24.2 Å². The van der Waals surface area contributed by atoms with E-state index in [0.29, 0.717) is 16.9 Å². The van der Waals surface area contributed by atoms with Gasteiger partial charge < -0.3 is 15.2 Å². The van der Waals surface area contributed by atoms with Crippen LogP contribution in [0.2, 0.25) is 0 Å². The smallest absolute Gasteiger partial charge is 0.404 e. The fourth-order valence-corrected chi connectivity index (χ4v) is 4.15. The lowest BCUT2D eigenvalue weighted by Crippen LogP contribution is -2.22. The first kappa shape index (κ1) is 28.3. The molecule has 15 heteroatoms. The molecule has 1 atom stereocenters. The molecule has 0 saturated carbocycles. The Morgan fingerprint density at radius 1 is 1.26 bits per heavy atom. The van der Waals surface area contributed by atoms with Crippen LogP contribution in [0.5, 0.6) is 0 Å². The molecule has 1 amide bonds. The number of aromatic nitrogens is 3. The molecule has 2 N–H and O–H groups in total. The summed E-state index contributed by atoms with van der Waals surface area (Å²) >= 11 is 0. The molecule has 3 rings (SSSR count). The number of sulfonamides is 1. The maximum absolute atomic E-state index is 14.2. The number of carboxylic acid groups (broad SMARTS) is 1. The third-order valence-corrected chi connectivity index (χ3v) is 7.02. The normalized spacial score (nSPS) is 12.7. The standard InChI is InChI=1S/C23H25FN8O5S/c1-31(2)38(35,36)20-9-5-17(6-10-20)22(37-15-16-3-7-19(8-4-16)27-29-25)21-14-32(30-28-21)13-18(24)11-12-26-23(33)34/h3-11,14,22,26H,12-13,15H2,1-2H3,(H,33,34). The number of nitrogens with zero attached hydrogens (tertiary/aromatic N) is 7. The van der Waals surface area contributed by atoms with Gasteiger partial charge in [-0.25, -0.2) is 26.6 Å². The van der Waals surface area contributed by atoms with Gasteiger partial charge in [-0.2, -0.15) is 0 Å². The van der Waals surface area contributed by atoms with Crippen LogP contribution in [0, 0.1) is 0 Å². The van der Waals surface area contributed by atoms with Gasteiger partial charge in [-0.1, -0.05) is 46.7 Å². The molecule has 2 aromatic carbocycles. The number of hydrogen-bond acceptors (Lipinski definition) is 7. The number of hydrogen-bond donors (Lipinski definition) is 2. The number of rotatable bonds is 12. The summed E-state index contributed by atoms with van der Waals surface area (Å²) in [5.74, 6) is -0.619. The molecule has 0 bridgehead atoms. The minimum absolute atomic E-state index is 0.101. The summed E-state index contributed by atoms with van der Waals surface area (Å²) in [5, 5.41) is 22.2. The summed E-state index contributed by atoms with van der Waals surface area (Å²) in [6, 6.07) is 12.9. The molecule has 0 aliphatic rings. The molecule has 3 aromatic rings. The van der Waals surface area contributed by atoms with Crippen molar-refractivity contribution in [2.24, 2.45) is 5.11 Å². The number of azide groups is 1. The predicted octanol–water partition coefficient (Wildman–Crippen LogP) is 3.90. The van der Waals surface area contributed by atoms with Crippen molar-refractivity contribution in [3.8, 4) is 0 Å². The Balaban J connectivity index is 1.85. The molecule has 0 fully saturated rings. The zero-order chi connectivity index (χ0) is 27.7. The van der Waals surface area contributed by atoms with Crippen LogP contribution in [0.1, 0.15) is 22.9 Å². The second-order valence-corrected chi connectivity index (χ2v) is 10.2. The van der Waals surface area contributed by atoms with Crippen molar-refractivity contribution in [3.63, 3.8) is 0 Å². The quantitative estimate of drug-likeness (QED) is 0.197. The van der Waals surface area contributed by atoms with Gasteiger partial charge in [0, 0.05) is 31.2 Å². The highest BCUT2D eigenvalue weighted by Crippen LogP contribution is 2.28. The maximum atomic E-state index is 14.2. The number of amides is 1. The Bertz CT molecular complexity index is 1430. The maximum Gasteiger partial charge on any atom is 0.404 e. The average molecular weight is 545 g/mol. The molecule has 0 radical (unpaired) electrons. The number of nitrogens with one attached hydrogen (secondary N) is 1. The Morgan fingerprint density at radius 3 is 2.55 bits per heavy atom. The van der Waals surface area contributed by atoms with Crippen molar-refractivity contribution >= 4 is 21.8 Å². The van der Waals surface area contributed by atoms with E-state index in [1.54, 1.807) is 36.4 Å². The lowest BCUT2D eigenvalue weighted by molar-refractivity contribution is 0.0639. The van der Waals surface area contributed by atoms with E-state index in [1.807, 2.05) is 5.32 Å². The number of halogens is 1. The van der Waals surface area contributed by atoms with E-state index in [0.717, 1.165) is 15.9 Å². The van der Waals surface area contributed by atoms with Crippen LogP contribution in [0.25, 0.3) is 10.4 Å². The van der Waals surface area contributed by atoms with E-state index in [9.17, 15) is 17.6 Å². The van der Waals surface area contributed by atoms with Crippen molar-refractivity contribution in [1.29, 1.82) is 0 Å². The number of benzene rings is 2. The monoisotopic (exact) mass is 544 g/mol. The van der Waals surface area contributed by atoms with Crippen LogP contribution in [-0.2, 0) is 27.9 Å². The predicted molar refractivity (Wildman–Crippen MR) is 134 cm³/mol. The molecule has 1 unspecified atom stereocenters. The molecule has 0 aliphatic carbocycles. The second-order valence-electron chi connectivity index (χ2n) is 8.08. The highest BCUT2D eigenvalue weighted by molar-refractivity contribution is 7.89. The molecule has 13 nitrogen and oxygen atoms in total. The third-order valence-electron chi connectivity index (χ3n) is 5.19. The van der Waals surface area contributed by atoms with Crippen LogP contribution in [-0.4, -0.2) is 59.6 Å². The minimum Gasteiger partial charge on any atom is -0.465 e. The third kappa shape index (κ3) is 7.60. The van der Waals surface area contributed by atoms with Crippen molar-refractivity contribution in [2.75, 3.05) is 20.6 Å². The van der Waals surface area contributed by atoms with Gasteiger partial charge in [-0.15, -0.1) is 5.10 Å². The molecule has 0 saturated heterocycles. The van der Waals surface area contributed by atoms with Crippen molar-refractivity contribution < 1.29 is 27.4 Å². The summed E-state index contributed by atoms with van der Waals surface area (Å²) in [5.41, 5.74) is 10.7. The molecule has 1 heterocycles. The highest BCUT2D eigenvalue weighted by Gasteiger charge is 2.22. The Hall–Kier alpha value is -4.30. The first-order valence-electron chi connectivity index (χ1n) is 11.1. The van der Waals surface area contributed by atoms with Crippen LogP contribution < -0.4 is 5.32 Å². The lowest BCUT2D eigenvalue weighted by atomic mass is 10.1. The van der Waals surface area contributed by atoms with E-state index in [-0.39, 0.29) is 24.6 Å². The molecule has 1 aromatic heterocycles. The fraction of sp³-hybridized carbons (Fsp3) is 0.261. The van der Waals surface area contributed by atoms with Gasteiger partial charge in [0.2, 0.25) is 10.0 Å². The minimum atomic E-state index is -3.63. The van der Waals surface area contributed by atoms with Gasteiger partial charge in [-0.05, 0) is 34.9 Å². The zero-order valence-electron chi connectivity index (χ0n) is 20.5. The summed E-state index contributed by atoms with van der Waals surface area (Å²) < 4.78 is 47.5. The van der Waals surface area contributed by atoms with Crippen molar-refractivity contribution in [3.05, 3.63) is 93.9 Å². The molecule has 0 aliphatic heterocycles. The van der Waals surface area contributed by atoms with E-state index in [1.165, 1.54) is 37.1 Å². The summed E-state index contributed by atoms with van der Waals surface area (Å²) in [7, 11) is -0.761. The summed E-state index contributed by atoms with van der Waals surface area (Å²) in [4.78, 5) is 13.4. The van der Waals surface area contributed by atoms with E-state index in [4.69, 9.17) is 15.4 Å². The van der Waals surface area contributed by atoms with Gasteiger partial charge >= 0.3 is 6.09 Å². The molecular weight excluding hydrogens is 519 g/mol. The fourth-order valence-electron chi connectivity index (χ4n) is 3.25. The number of carbonyl (C=O) groups is 1.